The van der Waals surface area contributed by atoms with Gasteiger partial charge in [0.25, 0.3) is 0 Å². The van der Waals surface area contributed by atoms with Gasteiger partial charge in [0, 0.05) is 47.0 Å². The minimum absolute atomic E-state index is 0.220. The number of hydrogen-bond donors (Lipinski definition) is 0. The van der Waals surface area contributed by atoms with Crippen molar-refractivity contribution >= 4 is 22.6 Å². The lowest BCUT2D eigenvalue weighted by molar-refractivity contribution is 0.427. The van der Waals surface area contributed by atoms with Crippen molar-refractivity contribution in [2.75, 3.05) is 13.3 Å². The molecule has 0 radical (unpaired) electrons. The summed E-state index contributed by atoms with van der Waals surface area (Å²) in [5, 5.41) is 7.89. The number of pyridine rings is 2. The lowest BCUT2D eigenvalue weighted by atomic mass is 10.0. The second-order valence-corrected chi connectivity index (χ2v) is 10.8. The fourth-order valence-corrected chi connectivity index (χ4v) is 4.52. The molecule has 0 fully saturated rings. The summed E-state index contributed by atoms with van der Waals surface area (Å²) in [5.41, 5.74) is 4.56. The molecular formula is C36H27F4IN6. The Labute approximate surface area is 283 Å². The number of aryl methyl sites for hydroxylation is 2. The van der Waals surface area contributed by atoms with Crippen molar-refractivity contribution in [2.24, 2.45) is 0 Å². The van der Waals surface area contributed by atoms with Crippen LogP contribution < -0.4 is 0 Å². The quantitative estimate of drug-likeness (QED) is 0.0757. The van der Waals surface area contributed by atoms with Gasteiger partial charge in [-0.05, 0) is 82.2 Å². The van der Waals surface area contributed by atoms with Gasteiger partial charge in [0.05, 0.1) is 34.6 Å². The van der Waals surface area contributed by atoms with Crippen LogP contribution in [-0.2, 0) is 13.1 Å². The molecule has 47 heavy (non-hydrogen) atoms. The van der Waals surface area contributed by atoms with Crippen LogP contribution in [0, 0.1) is 39.7 Å². The number of hydrogen-bond acceptors (Lipinski definition) is 4. The number of halogens is 5. The van der Waals surface area contributed by atoms with Crippen molar-refractivity contribution in [1.82, 2.24) is 29.5 Å². The summed E-state index contributed by atoms with van der Waals surface area (Å²) in [4.78, 5) is 7.25. The molecule has 11 heteroatoms. The molecule has 0 aliphatic heterocycles. The van der Waals surface area contributed by atoms with Crippen molar-refractivity contribution in [1.29, 1.82) is 0 Å². The standard InChI is InChI=1S/C18H13F2N3.C13H8FN.C5H6FIN2/c19-8-10-23-13-15(12-22-23)7-6-14-3-1-4-16(11-14)17-5-2-9-21-18(17)20;1-2-10-5-3-6-11(9-10)12-7-4-8-15-13(12)14;6-1-2-9-4-5(7)3-8-9/h1-5,9,11-13H,8,10H2;1,3-9H;3-4H,1-2H2. The first-order chi connectivity index (χ1) is 22.9. The van der Waals surface area contributed by atoms with Gasteiger partial charge in [-0.15, -0.1) is 6.42 Å². The first-order valence-electron chi connectivity index (χ1n) is 14.1. The second-order valence-electron chi connectivity index (χ2n) is 9.53. The van der Waals surface area contributed by atoms with Gasteiger partial charge < -0.3 is 0 Å². The summed E-state index contributed by atoms with van der Waals surface area (Å²) >= 11 is 2.13. The Morgan fingerprint density at radius 2 is 1.19 bits per heavy atom. The van der Waals surface area contributed by atoms with Crippen molar-refractivity contribution in [2.45, 2.75) is 13.1 Å². The van der Waals surface area contributed by atoms with Gasteiger partial charge in [0.15, 0.2) is 0 Å². The number of nitrogens with zero attached hydrogens (tertiary/aromatic N) is 6. The molecule has 236 valence electrons. The zero-order valence-corrected chi connectivity index (χ0v) is 27.0. The van der Waals surface area contributed by atoms with E-state index in [0.717, 1.165) is 25.8 Å². The van der Waals surface area contributed by atoms with E-state index in [4.69, 9.17) is 6.42 Å². The highest BCUT2D eigenvalue weighted by Crippen LogP contribution is 2.23. The summed E-state index contributed by atoms with van der Waals surface area (Å²) in [7, 11) is 0. The third-order valence-electron chi connectivity index (χ3n) is 6.25. The number of alkyl halides is 2. The maximum atomic E-state index is 13.7. The fraction of sp³-hybridized carbons (Fsp3) is 0.111. The molecule has 0 unspecified atom stereocenters. The third kappa shape index (κ3) is 10.7. The van der Waals surface area contributed by atoms with Crippen LogP contribution in [0.1, 0.15) is 16.7 Å². The molecule has 0 bridgehead atoms. The summed E-state index contributed by atoms with van der Waals surface area (Å²) in [5.74, 6) is 7.50. The monoisotopic (exact) mass is 746 g/mol. The molecule has 4 heterocycles. The van der Waals surface area contributed by atoms with Gasteiger partial charge in [-0.2, -0.15) is 19.0 Å². The summed E-state index contributed by atoms with van der Waals surface area (Å²) in [6.45, 7) is -0.231. The van der Waals surface area contributed by atoms with Crippen molar-refractivity contribution in [3.63, 3.8) is 0 Å². The normalized spacial score (nSPS) is 9.96. The van der Waals surface area contributed by atoms with E-state index < -0.39 is 18.6 Å². The van der Waals surface area contributed by atoms with Gasteiger partial charge in [0.1, 0.15) is 13.3 Å². The van der Waals surface area contributed by atoms with Gasteiger partial charge >= 0.3 is 0 Å². The molecule has 0 spiro atoms. The van der Waals surface area contributed by atoms with Crippen LogP contribution in [0.4, 0.5) is 17.6 Å². The van der Waals surface area contributed by atoms with Gasteiger partial charge in [-0.3, -0.25) is 9.36 Å². The number of benzene rings is 2. The van der Waals surface area contributed by atoms with E-state index in [0.29, 0.717) is 23.2 Å². The van der Waals surface area contributed by atoms with Gasteiger partial charge in [-0.25, -0.2) is 18.7 Å². The minimum Gasteiger partial charge on any atom is -0.269 e. The summed E-state index contributed by atoms with van der Waals surface area (Å²) in [6, 6.07) is 21.2. The highest BCUT2D eigenvalue weighted by Gasteiger charge is 2.06. The number of terminal acetylenes is 1. The van der Waals surface area contributed by atoms with Crippen LogP contribution in [0.3, 0.4) is 0 Å². The molecule has 0 N–H and O–H groups in total. The van der Waals surface area contributed by atoms with Crippen LogP contribution in [0.25, 0.3) is 22.3 Å². The molecule has 0 aliphatic carbocycles. The summed E-state index contributed by atoms with van der Waals surface area (Å²) < 4.78 is 55.1. The van der Waals surface area contributed by atoms with E-state index in [1.807, 2.05) is 18.2 Å². The van der Waals surface area contributed by atoms with E-state index in [1.165, 1.54) is 17.1 Å². The predicted octanol–water partition coefficient (Wildman–Crippen LogP) is 7.78. The van der Waals surface area contributed by atoms with Gasteiger partial charge in [-0.1, -0.05) is 42.0 Å². The van der Waals surface area contributed by atoms with E-state index in [2.05, 4.69) is 60.5 Å². The first kappa shape index (κ1) is 34.6. The molecule has 6 aromatic rings. The van der Waals surface area contributed by atoms with E-state index in [-0.39, 0.29) is 13.2 Å². The van der Waals surface area contributed by atoms with Crippen molar-refractivity contribution in [3.8, 4) is 46.4 Å². The minimum atomic E-state index is -0.509. The van der Waals surface area contributed by atoms with E-state index >= 15 is 0 Å². The number of rotatable bonds is 6. The molecule has 0 amide bonds. The Hall–Kier alpha value is -5.27. The average Bonchev–Trinajstić information content (AvgIpc) is 3.73. The van der Waals surface area contributed by atoms with Crippen molar-refractivity contribution in [3.05, 3.63) is 142 Å². The highest BCUT2D eigenvalue weighted by molar-refractivity contribution is 14.1. The van der Waals surface area contributed by atoms with Crippen LogP contribution in [0.15, 0.2) is 110 Å². The molecule has 0 saturated heterocycles. The Balaban J connectivity index is 0.000000178. The fourth-order valence-electron chi connectivity index (χ4n) is 4.07. The zero-order chi connectivity index (χ0) is 33.4. The summed E-state index contributed by atoms with van der Waals surface area (Å²) in [6.07, 6.45) is 14.9. The maximum absolute atomic E-state index is 13.7. The van der Waals surface area contributed by atoms with Gasteiger partial charge in [0.2, 0.25) is 11.9 Å². The van der Waals surface area contributed by atoms with Crippen LogP contribution >= 0.6 is 22.6 Å². The molecule has 6 rings (SSSR count). The molecule has 6 nitrogen and oxygen atoms in total. The zero-order valence-electron chi connectivity index (χ0n) is 24.9. The van der Waals surface area contributed by atoms with Crippen LogP contribution in [0.5, 0.6) is 0 Å². The first-order valence-corrected chi connectivity index (χ1v) is 15.2. The maximum Gasteiger partial charge on any atom is 0.220 e. The molecule has 0 atom stereocenters. The molecule has 4 aromatic heterocycles. The SMILES string of the molecule is C#Cc1cccc(-c2cccnc2F)c1.FCCn1cc(C#Cc2cccc(-c3cccnc3F)c2)cn1.FCCn1cc(I)cn1. The topological polar surface area (TPSA) is 61.4 Å². The van der Waals surface area contributed by atoms with Crippen LogP contribution in [0.2, 0.25) is 0 Å². The second kappa shape index (κ2) is 18.0. The lowest BCUT2D eigenvalue weighted by Gasteiger charge is -2.02. The third-order valence-corrected chi connectivity index (χ3v) is 6.80. The van der Waals surface area contributed by atoms with Crippen LogP contribution in [-0.4, -0.2) is 42.9 Å². The Bertz CT molecular complexity index is 2000. The molecule has 0 saturated carbocycles. The Kier molecular flexibility index (Phi) is 13.3. The molecule has 2 aromatic carbocycles. The molecule has 0 aliphatic rings. The Morgan fingerprint density at radius 1 is 0.660 bits per heavy atom. The molecular weight excluding hydrogens is 719 g/mol. The van der Waals surface area contributed by atoms with E-state index in [9.17, 15) is 17.6 Å². The highest BCUT2D eigenvalue weighted by atomic mass is 127. The lowest BCUT2D eigenvalue weighted by Crippen LogP contribution is -1.98. The predicted molar refractivity (Wildman–Crippen MR) is 182 cm³/mol. The average molecular weight is 747 g/mol. The smallest absolute Gasteiger partial charge is 0.220 e. The Morgan fingerprint density at radius 3 is 1.72 bits per heavy atom. The van der Waals surface area contributed by atoms with E-state index in [1.54, 1.807) is 84.1 Å². The van der Waals surface area contributed by atoms with Crippen molar-refractivity contribution < 1.29 is 17.6 Å². The largest absolute Gasteiger partial charge is 0.269 e. The number of aromatic nitrogens is 6.